The zero-order valence-electron chi connectivity index (χ0n) is 20.6. The Morgan fingerprint density at radius 1 is 1.15 bits per heavy atom. The number of hydrogen-bond acceptors (Lipinski definition) is 6. The second-order valence-electron chi connectivity index (χ2n) is 8.24. The highest BCUT2D eigenvalue weighted by atomic mass is 79.9. The molecule has 1 aromatic heterocycles. The van der Waals surface area contributed by atoms with Crippen LogP contribution in [0.1, 0.15) is 25.0 Å². The quantitative estimate of drug-likeness (QED) is 0.249. The molecular formula is C27H21BrF3N3O5. The average molecular weight is 604 g/mol. The maximum atomic E-state index is 13.4. The summed E-state index contributed by atoms with van der Waals surface area (Å²) >= 11 is 3.38. The van der Waals surface area contributed by atoms with Crippen molar-refractivity contribution in [2.75, 3.05) is 6.61 Å². The van der Waals surface area contributed by atoms with Crippen LogP contribution in [0, 0.1) is 0 Å². The summed E-state index contributed by atoms with van der Waals surface area (Å²) in [5.74, 6) is -0.843. The van der Waals surface area contributed by atoms with Crippen molar-refractivity contribution in [1.29, 1.82) is 0 Å². The first-order valence-corrected chi connectivity index (χ1v) is 12.4. The first-order valence-electron chi connectivity index (χ1n) is 11.6. The highest BCUT2D eigenvalue weighted by Crippen LogP contribution is 2.35. The van der Waals surface area contributed by atoms with Crippen molar-refractivity contribution in [3.63, 3.8) is 0 Å². The van der Waals surface area contributed by atoms with E-state index in [4.69, 9.17) is 9.47 Å². The van der Waals surface area contributed by atoms with Crippen LogP contribution < -0.4 is 15.0 Å². The molecular weight excluding hydrogens is 583 g/mol. The topological polar surface area (TPSA) is 103 Å². The summed E-state index contributed by atoms with van der Waals surface area (Å²) in [6.07, 6.45) is -4.43. The number of halogens is 4. The van der Waals surface area contributed by atoms with Gasteiger partial charge in [0.25, 0.3) is 5.56 Å². The van der Waals surface area contributed by atoms with E-state index < -0.39 is 29.4 Å². The van der Waals surface area contributed by atoms with Gasteiger partial charge < -0.3 is 14.6 Å². The molecule has 1 heterocycles. The van der Waals surface area contributed by atoms with Crippen molar-refractivity contribution < 1.29 is 32.5 Å². The molecule has 1 atom stereocenters. The van der Waals surface area contributed by atoms with E-state index in [9.17, 15) is 27.9 Å². The fourth-order valence-corrected chi connectivity index (χ4v) is 4.05. The van der Waals surface area contributed by atoms with Gasteiger partial charge in [0.05, 0.1) is 29.3 Å². The zero-order valence-corrected chi connectivity index (χ0v) is 22.2. The largest absolute Gasteiger partial charge is 0.490 e. The second kappa shape index (κ2) is 11.3. The summed E-state index contributed by atoms with van der Waals surface area (Å²) in [6, 6.07) is 14.0. The van der Waals surface area contributed by atoms with Gasteiger partial charge >= 0.3 is 12.1 Å². The molecule has 3 aromatic carbocycles. The van der Waals surface area contributed by atoms with E-state index in [0.29, 0.717) is 15.6 Å². The van der Waals surface area contributed by atoms with E-state index in [2.05, 4.69) is 26.0 Å². The fraction of sp³-hybridized carbons (Fsp3) is 0.185. The average Bonchev–Trinajstić information content (AvgIpc) is 2.89. The minimum Gasteiger partial charge on any atom is -0.490 e. The lowest BCUT2D eigenvalue weighted by atomic mass is 10.1. The number of aromatic nitrogens is 2. The maximum Gasteiger partial charge on any atom is 0.416 e. The molecule has 1 N–H and O–H groups in total. The predicted octanol–water partition coefficient (Wildman–Crippen LogP) is 5.98. The number of benzene rings is 3. The molecule has 0 radical (unpaired) electrons. The van der Waals surface area contributed by atoms with Crippen molar-refractivity contribution >= 4 is 39.0 Å². The van der Waals surface area contributed by atoms with E-state index in [-0.39, 0.29) is 34.9 Å². The van der Waals surface area contributed by atoms with Crippen LogP contribution in [-0.2, 0) is 11.0 Å². The van der Waals surface area contributed by atoms with Gasteiger partial charge in [0.15, 0.2) is 23.4 Å². The molecule has 0 spiro atoms. The van der Waals surface area contributed by atoms with Crippen LogP contribution in [0.15, 0.2) is 75.0 Å². The standard InChI is InChI=1S/C27H21BrF3N3O5/c1-3-38-22-12-17(20(28)13-23(22)39-15(2)26(36)37)14-32-34-24(16-7-6-8-18(11-16)27(29,30)31)33-21-10-5-4-9-19(21)25(34)35/h4-15H,3H2,1-2H3,(H,36,37)/t15-/m0/s1. The van der Waals surface area contributed by atoms with Gasteiger partial charge in [-0.25, -0.2) is 9.78 Å². The molecule has 0 aliphatic heterocycles. The Labute approximate surface area is 228 Å². The van der Waals surface area contributed by atoms with Crippen molar-refractivity contribution in [2.24, 2.45) is 5.10 Å². The molecule has 0 saturated heterocycles. The summed E-state index contributed by atoms with van der Waals surface area (Å²) in [5, 5.41) is 13.7. The van der Waals surface area contributed by atoms with Crippen LogP contribution in [0.4, 0.5) is 13.2 Å². The fourth-order valence-electron chi connectivity index (χ4n) is 3.62. The van der Waals surface area contributed by atoms with Gasteiger partial charge in [-0.15, -0.1) is 0 Å². The predicted molar refractivity (Wildman–Crippen MR) is 142 cm³/mol. The van der Waals surface area contributed by atoms with Gasteiger partial charge in [0, 0.05) is 15.6 Å². The normalized spacial score (nSPS) is 12.6. The first kappa shape index (κ1) is 27.8. The maximum absolute atomic E-state index is 13.4. The minimum atomic E-state index is -4.59. The number of ether oxygens (including phenoxy) is 2. The number of rotatable bonds is 8. The highest BCUT2D eigenvalue weighted by molar-refractivity contribution is 9.10. The zero-order chi connectivity index (χ0) is 28.3. The summed E-state index contributed by atoms with van der Waals surface area (Å²) in [4.78, 5) is 29.1. The summed E-state index contributed by atoms with van der Waals surface area (Å²) in [7, 11) is 0. The van der Waals surface area contributed by atoms with E-state index in [1.165, 1.54) is 37.4 Å². The third-order valence-corrected chi connectivity index (χ3v) is 6.22. The summed E-state index contributed by atoms with van der Waals surface area (Å²) in [6.45, 7) is 3.36. The molecule has 0 bridgehead atoms. The van der Waals surface area contributed by atoms with Crippen LogP contribution in [-0.4, -0.2) is 39.7 Å². The number of fused-ring (bicyclic) bond motifs is 1. The Morgan fingerprint density at radius 2 is 1.90 bits per heavy atom. The molecule has 4 rings (SSSR count). The van der Waals surface area contributed by atoms with Crippen molar-refractivity contribution in [3.05, 3.63) is 86.6 Å². The molecule has 39 heavy (non-hydrogen) atoms. The molecule has 12 heteroatoms. The molecule has 0 saturated carbocycles. The number of carboxylic acid groups (broad SMARTS) is 1. The smallest absolute Gasteiger partial charge is 0.416 e. The molecule has 0 unspecified atom stereocenters. The third-order valence-electron chi connectivity index (χ3n) is 5.53. The first-order chi connectivity index (χ1) is 18.5. The van der Waals surface area contributed by atoms with Crippen molar-refractivity contribution in [2.45, 2.75) is 26.1 Å². The molecule has 8 nitrogen and oxygen atoms in total. The Morgan fingerprint density at radius 3 is 2.59 bits per heavy atom. The molecule has 202 valence electrons. The van der Waals surface area contributed by atoms with Crippen molar-refractivity contribution in [1.82, 2.24) is 9.66 Å². The molecule has 0 amide bonds. The number of carboxylic acids is 1. The Bertz CT molecular complexity index is 1640. The highest BCUT2D eigenvalue weighted by Gasteiger charge is 2.31. The Kier molecular flexibility index (Phi) is 8.05. The summed E-state index contributed by atoms with van der Waals surface area (Å²) < 4.78 is 52.7. The van der Waals surface area contributed by atoms with Crippen LogP contribution in [0.5, 0.6) is 11.5 Å². The lowest BCUT2D eigenvalue weighted by Gasteiger charge is -2.16. The van der Waals surface area contributed by atoms with E-state index in [0.717, 1.165) is 16.8 Å². The Balaban J connectivity index is 1.86. The molecule has 4 aromatic rings. The number of hydrogen-bond donors (Lipinski definition) is 1. The number of carbonyl (C=O) groups is 1. The Hall–Kier alpha value is -4.19. The SMILES string of the molecule is CCOc1cc(C=Nn2c(-c3cccc(C(F)(F)F)c3)nc3ccccc3c2=O)c(Br)cc1O[C@@H](C)C(=O)O. The van der Waals surface area contributed by atoms with E-state index >= 15 is 0 Å². The van der Waals surface area contributed by atoms with Gasteiger partial charge in [0.1, 0.15) is 0 Å². The van der Waals surface area contributed by atoms with E-state index in [1.807, 2.05) is 0 Å². The number of nitrogens with zero attached hydrogens (tertiary/aromatic N) is 3. The van der Waals surface area contributed by atoms with Crippen LogP contribution in [0.25, 0.3) is 22.3 Å². The second-order valence-corrected chi connectivity index (χ2v) is 9.10. The summed E-state index contributed by atoms with van der Waals surface area (Å²) in [5.41, 5.74) is -0.710. The number of aliphatic carboxylic acids is 1. The lowest BCUT2D eigenvalue weighted by molar-refractivity contribution is -0.144. The number of alkyl halides is 3. The molecule has 0 aliphatic carbocycles. The van der Waals surface area contributed by atoms with Gasteiger partial charge in [-0.05, 0) is 66.2 Å². The van der Waals surface area contributed by atoms with Gasteiger partial charge in [-0.1, -0.05) is 24.3 Å². The third kappa shape index (κ3) is 6.11. The number of para-hydroxylation sites is 1. The van der Waals surface area contributed by atoms with Gasteiger partial charge in [-0.3, -0.25) is 4.79 Å². The van der Waals surface area contributed by atoms with Gasteiger partial charge in [-0.2, -0.15) is 22.9 Å². The lowest BCUT2D eigenvalue weighted by Crippen LogP contribution is -2.23. The van der Waals surface area contributed by atoms with Gasteiger partial charge in [0.2, 0.25) is 0 Å². The monoisotopic (exact) mass is 603 g/mol. The van der Waals surface area contributed by atoms with Crippen LogP contribution in [0.3, 0.4) is 0 Å². The minimum absolute atomic E-state index is 0.0466. The van der Waals surface area contributed by atoms with Crippen LogP contribution >= 0.6 is 15.9 Å². The van der Waals surface area contributed by atoms with Crippen molar-refractivity contribution in [3.8, 4) is 22.9 Å². The molecule has 0 fully saturated rings. The van der Waals surface area contributed by atoms with Crippen LogP contribution in [0.2, 0.25) is 0 Å². The van der Waals surface area contributed by atoms with E-state index in [1.54, 1.807) is 31.2 Å². The molecule has 0 aliphatic rings.